The number of methoxy groups -OCH3 is 1. The summed E-state index contributed by atoms with van der Waals surface area (Å²) in [6, 6.07) is 7.86. The molecular formula is C21H30O3. The van der Waals surface area contributed by atoms with Crippen LogP contribution in [0.15, 0.2) is 24.3 Å². The Morgan fingerprint density at radius 1 is 1.21 bits per heavy atom. The summed E-state index contributed by atoms with van der Waals surface area (Å²) in [5.74, 6) is 7.14. The van der Waals surface area contributed by atoms with Crippen LogP contribution in [0.1, 0.15) is 64.4 Å². The van der Waals surface area contributed by atoms with Crippen molar-refractivity contribution in [2.45, 2.75) is 58.8 Å². The van der Waals surface area contributed by atoms with Gasteiger partial charge in [0, 0.05) is 0 Å². The van der Waals surface area contributed by atoms with Gasteiger partial charge in [-0.25, -0.2) is 0 Å². The number of unbranched alkanes of at least 4 members (excludes halogenated alkanes) is 1. The zero-order valence-corrected chi connectivity index (χ0v) is 15.4. The van der Waals surface area contributed by atoms with E-state index >= 15 is 0 Å². The Balaban J connectivity index is 2.54. The molecule has 0 aliphatic carbocycles. The molecule has 0 aliphatic rings. The molecule has 0 spiro atoms. The average molecular weight is 330 g/mol. The van der Waals surface area contributed by atoms with E-state index in [1.165, 1.54) is 26.4 Å². The Bertz CT molecular complexity index is 536. The molecule has 3 heteroatoms. The Morgan fingerprint density at radius 2 is 1.92 bits per heavy atom. The number of esters is 1. The number of ether oxygens (including phenoxy) is 2. The number of carbonyl (C=O) groups excluding carboxylic acids is 1. The monoisotopic (exact) mass is 330 g/mol. The second-order valence-corrected chi connectivity index (χ2v) is 6.18. The molecule has 1 rings (SSSR count). The van der Waals surface area contributed by atoms with Gasteiger partial charge in [-0.1, -0.05) is 51.2 Å². The van der Waals surface area contributed by atoms with Crippen molar-refractivity contribution in [2.75, 3.05) is 13.7 Å². The zero-order valence-electron chi connectivity index (χ0n) is 15.4. The van der Waals surface area contributed by atoms with Crippen LogP contribution in [0.25, 0.3) is 0 Å². The lowest BCUT2D eigenvalue weighted by Crippen LogP contribution is -2.07. The van der Waals surface area contributed by atoms with E-state index in [1.807, 2.05) is 24.3 Å². The van der Waals surface area contributed by atoms with Gasteiger partial charge in [0.25, 0.3) is 0 Å². The van der Waals surface area contributed by atoms with Crippen LogP contribution in [0, 0.1) is 17.8 Å². The third kappa shape index (κ3) is 7.55. The molecule has 2 atom stereocenters. The van der Waals surface area contributed by atoms with Crippen LogP contribution in [0.5, 0.6) is 5.75 Å². The first-order valence-electron chi connectivity index (χ1n) is 8.82. The van der Waals surface area contributed by atoms with Crippen LogP contribution in [0.2, 0.25) is 0 Å². The molecule has 0 aromatic heterocycles. The van der Waals surface area contributed by atoms with Crippen LogP contribution in [-0.4, -0.2) is 19.7 Å². The molecule has 0 amide bonds. The van der Waals surface area contributed by atoms with Gasteiger partial charge in [0.2, 0.25) is 0 Å². The van der Waals surface area contributed by atoms with Gasteiger partial charge in [-0.05, 0) is 37.0 Å². The molecule has 0 saturated carbocycles. The Kier molecular flexibility index (Phi) is 9.68. The van der Waals surface area contributed by atoms with E-state index < -0.39 is 0 Å². The number of hydrogen-bond acceptors (Lipinski definition) is 3. The van der Waals surface area contributed by atoms with Gasteiger partial charge < -0.3 is 9.47 Å². The predicted molar refractivity (Wildman–Crippen MR) is 98.1 cm³/mol. The minimum absolute atomic E-state index is 0.134. The van der Waals surface area contributed by atoms with Crippen molar-refractivity contribution >= 4 is 5.97 Å². The molecule has 3 nitrogen and oxygen atoms in total. The lowest BCUT2D eigenvalue weighted by molar-refractivity contribution is -0.140. The summed E-state index contributed by atoms with van der Waals surface area (Å²) in [6.45, 7) is 7.02. The van der Waals surface area contributed by atoms with Gasteiger partial charge in [0.1, 0.15) is 5.75 Å². The molecule has 0 saturated heterocycles. The lowest BCUT2D eigenvalue weighted by Gasteiger charge is -2.13. The summed E-state index contributed by atoms with van der Waals surface area (Å²) in [6.07, 6.45) is 5.15. The fraction of sp³-hybridized carbons (Fsp3) is 0.571. The molecule has 0 N–H and O–H groups in total. The molecule has 0 bridgehead atoms. The fourth-order valence-corrected chi connectivity index (χ4v) is 2.55. The van der Waals surface area contributed by atoms with E-state index in [-0.39, 0.29) is 18.3 Å². The summed E-state index contributed by atoms with van der Waals surface area (Å²) in [5, 5.41) is 0. The Hall–Kier alpha value is -1.95. The second-order valence-electron chi connectivity index (χ2n) is 6.18. The first-order chi connectivity index (χ1) is 11.6. The Morgan fingerprint density at radius 3 is 2.50 bits per heavy atom. The van der Waals surface area contributed by atoms with Crippen molar-refractivity contribution < 1.29 is 14.3 Å². The standard InChI is InChI=1S/C21H30O3/c1-5-7-9-17(3)14-15-24-20-12-10-18(11-13-20)19(8-6-2)16-21(22)23-4/h10-13,17,19H,5,7,9,14-16H2,1-4H3. The number of benzene rings is 1. The molecule has 1 aromatic rings. The molecule has 0 heterocycles. The average Bonchev–Trinajstić information content (AvgIpc) is 2.60. The molecule has 24 heavy (non-hydrogen) atoms. The highest BCUT2D eigenvalue weighted by Gasteiger charge is 2.14. The van der Waals surface area contributed by atoms with Gasteiger partial charge in [-0.3, -0.25) is 4.79 Å². The van der Waals surface area contributed by atoms with Crippen LogP contribution in [0.3, 0.4) is 0 Å². The molecule has 0 aliphatic heterocycles. The van der Waals surface area contributed by atoms with Crippen LogP contribution in [-0.2, 0) is 9.53 Å². The van der Waals surface area contributed by atoms with E-state index in [9.17, 15) is 4.79 Å². The fourth-order valence-electron chi connectivity index (χ4n) is 2.55. The third-order valence-electron chi connectivity index (χ3n) is 4.13. The smallest absolute Gasteiger partial charge is 0.307 e. The summed E-state index contributed by atoms with van der Waals surface area (Å²) in [4.78, 5) is 11.5. The highest BCUT2D eigenvalue weighted by molar-refractivity contribution is 5.71. The first kappa shape index (κ1) is 20.1. The molecule has 0 fully saturated rings. The summed E-state index contributed by atoms with van der Waals surface area (Å²) in [7, 11) is 1.40. The SMILES string of the molecule is CC#CC(CC(=O)OC)c1ccc(OCCC(C)CCCC)cc1. The number of hydrogen-bond donors (Lipinski definition) is 0. The van der Waals surface area contributed by atoms with Crippen molar-refractivity contribution in [1.82, 2.24) is 0 Å². The Labute approximate surface area is 146 Å². The normalized spacial score (nSPS) is 12.7. The first-order valence-corrected chi connectivity index (χ1v) is 8.82. The summed E-state index contributed by atoms with van der Waals surface area (Å²) < 4.78 is 10.6. The molecule has 1 aromatic carbocycles. The predicted octanol–water partition coefficient (Wildman–Crippen LogP) is 4.95. The van der Waals surface area contributed by atoms with Gasteiger partial charge in [0.15, 0.2) is 0 Å². The molecular weight excluding hydrogens is 300 g/mol. The number of rotatable bonds is 10. The van der Waals surface area contributed by atoms with E-state index in [0.717, 1.165) is 24.3 Å². The number of carbonyl (C=O) groups is 1. The van der Waals surface area contributed by atoms with Crippen molar-refractivity contribution in [3.8, 4) is 17.6 Å². The van der Waals surface area contributed by atoms with Gasteiger partial charge in [-0.2, -0.15) is 0 Å². The van der Waals surface area contributed by atoms with Gasteiger partial charge >= 0.3 is 5.97 Å². The van der Waals surface area contributed by atoms with Crippen molar-refractivity contribution in [1.29, 1.82) is 0 Å². The van der Waals surface area contributed by atoms with E-state index in [1.54, 1.807) is 6.92 Å². The van der Waals surface area contributed by atoms with E-state index in [0.29, 0.717) is 5.92 Å². The maximum Gasteiger partial charge on any atom is 0.307 e. The van der Waals surface area contributed by atoms with Crippen LogP contribution < -0.4 is 4.74 Å². The van der Waals surface area contributed by atoms with Crippen molar-refractivity contribution in [3.63, 3.8) is 0 Å². The van der Waals surface area contributed by atoms with E-state index in [4.69, 9.17) is 9.47 Å². The lowest BCUT2D eigenvalue weighted by atomic mass is 9.96. The largest absolute Gasteiger partial charge is 0.494 e. The van der Waals surface area contributed by atoms with E-state index in [2.05, 4.69) is 25.7 Å². The molecule has 2 unspecified atom stereocenters. The van der Waals surface area contributed by atoms with Gasteiger partial charge in [0.05, 0.1) is 26.1 Å². The van der Waals surface area contributed by atoms with Crippen LogP contribution in [0.4, 0.5) is 0 Å². The zero-order chi connectivity index (χ0) is 17.8. The second kappa shape index (κ2) is 11.6. The molecule has 132 valence electrons. The maximum absolute atomic E-state index is 11.5. The van der Waals surface area contributed by atoms with Crippen molar-refractivity contribution in [3.05, 3.63) is 29.8 Å². The minimum Gasteiger partial charge on any atom is -0.494 e. The molecule has 0 radical (unpaired) electrons. The quantitative estimate of drug-likeness (QED) is 0.450. The van der Waals surface area contributed by atoms with Gasteiger partial charge in [-0.15, -0.1) is 5.92 Å². The highest BCUT2D eigenvalue weighted by atomic mass is 16.5. The topological polar surface area (TPSA) is 35.5 Å². The third-order valence-corrected chi connectivity index (χ3v) is 4.13. The van der Waals surface area contributed by atoms with Crippen molar-refractivity contribution in [2.24, 2.45) is 5.92 Å². The minimum atomic E-state index is -0.246. The highest BCUT2D eigenvalue weighted by Crippen LogP contribution is 2.23. The summed E-state index contributed by atoms with van der Waals surface area (Å²) in [5.41, 5.74) is 1.01. The summed E-state index contributed by atoms with van der Waals surface area (Å²) >= 11 is 0. The maximum atomic E-state index is 11.5. The van der Waals surface area contributed by atoms with Crippen LogP contribution >= 0.6 is 0 Å².